The molecule has 10 atom stereocenters. The van der Waals surface area contributed by atoms with Gasteiger partial charge in [0, 0.05) is 44.0 Å². The second-order valence-electron chi connectivity index (χ2n) is 21.1. The normalized spacial score (nSPS) is 41.7. The molecular formula is C49H71N3O5S. The van der Waals surface area contributed by atoms with Crippen LogP contribution in [0.5, 0.6) is 5.88 Å². The Labute approximate surface area is 349 Å². The topological polar surface area (TPSA) is 109 Å². The minimum atomic E-state index is -2.88. The van der Waals surface area contributed by atoms with Crippen LogP contribution in [0.1, 0.15) is 112 Å². The van der Waals surface area contributed by atoms with Gasteiger partial charge < -0.3 is 20.1 Å². The summed E-state index contributed by atoms with van der Waals surface area (Å²) in [5, 5.41) is 14.7. The molecule has 8 nitrogen and oxygen atoms in total. The zero-order valence-corrected chi connectivity index (χ0v) is 37.0. The molecule has 8 rings (SSSR count). The Morgan fingerprint density at radius 3 is 2.43 bits per heavy atom. The number of hydrogen-bond donors (Lipinski definition) is 2. The summed E-state index contributed by atoms with van der Waals surface area (Å²) in [4.78, 5) is 19.3. The van der Waals surface area contributed by atoms with Crippen LogP contribution in [0, 0.1) is 56.7 Å². The Balaban J connectivity index is 1.03. The predicted octanol–water partition coefficient (Wildman–Crippen LogP) is 9.07. The first kappa shape index (κ1) is 42.0. The predicted molar refractivity (Wildman–Crippen MR) is 232 cm³/mol. The number of hydrogen-bond acceptors (Lipinski definition) is 7. The van der Waals surface area contributed by atoms with Crippen LogP contribution in [0.15, 0.2) is 72.5 Å². The number of ether oxygens (including phenoxy) is 1. The number of aromatic nitrogens is 1. The number of carboxylic acids is 1. The van der Waals surface area contributed by atoms with Gasteiger partial charge in [-0.1, -0.05) is 64.1 Å². The monoisotopic (exact) mass is 814 g/mol. The summed E-state index contributed by atoms with van der Waals surface area (Å²) in [7, 11) is -2.88. The standard InChI is InChI=1S/C49H71N3O5S/c1-8-48-24-25-49(51-27-28-52-29-31-58(55,56)32-30-52)23-16-36(34(2)3)42(49)38(48)12-13-40-45(6)19-17-37(44(4,5)39(45)18-20-46(40,48)7)35-14-21-47(22-15-35,43(53)54)33-57-41-11-9-10-26-50-41/h8-11,14,17,26,36,38-40,42,51H,1-2,12-13,15-16,18-25,27-33H2,3-7H3,(H,53,54)/t36-,38+,39?,40?,42?,45-,46+,47?,48+,49-/m0/s1. The second kappa shape index (κ2) is 15.0. The van der Waals surface area contributed by atoms with Crippen LogP contribution in [-0.2, 0) is 14.6 Å². The van der Waals surface area contributed by atoms with Crippen LogP contribution in [0.2, 0.25) is 0 Å². The lowest BCUT2D eigenvalue weighted by molar-refractivity contribution is -0.208. The maximum Gasteiger partial charge on any atom is 0.313 e. The Morgan fingerprint density at radius 2 is 1.78 bits per heavy atom. The van der Waals surface area contributed by atoms with Gasteiger partial charge in [-0.25, -0.2) is 13.4 Å². The molecule has 4 unspecified atom stereocenters. The van der Waals surface area contributed by atoms with Crippen molar-refractivity contribution in [2.24, 2.45) is 56.7 Å². The first-order valence-electron chi connectivity index (χ1n) is 22.6. The van der Waals surface area contributed by atoms with Crippen molar-refractivity contribution in [2.45, 2.75) is 117 Å². The van der Waals surface area contributed by atoms with Crippen LogP contribution in [0.4, 0.5) is 0 Å². The molecule has 2 N–H and O–H groups in total. The highest BCUT2D eigenvalue weighted by molar-refractivity contribution is 7.91. The van der Waals surface area contributed by atoms with E-state index in [0.29, 0.717) is 61.4 Å². The van der Waals surface area contributed by atoms with Crippen molar-refractivity contribution >= 4 is 15.8 Å². The molecule has 0 spiro atoms. The highest BCUT2D eigenvalue weighted by Gasteiger charge is 2.71. The zero-order valence-electron chi connectivity index (χ0n) is 36.2. The van der Waals surface area contributed by atoms with Gasteiger partial charge >= 0.3 is 5.97 Å². The molecule has 7 aliphatic rings. The van der Waals surface area contributed by atoms with Crippen molar-refractivity contribution in [3.63, 3.8) is 0 Å². The van der Waals surface area contributed by atoms with Gasteiger partial charge in [0.05, 0.1) is 11.5 Å². The van der Waals surface area contributed by atoms with Crippen LogP contribution >= 0.6 is 0 Å². The molecule has 0 bridgehead atoms. The van der Waals surface area contributed by atoms with Gasteiger partial charge in [-0.2, -0.15) is 0 Å². The lowest BCUT2D eigenvalue weighted by atomic mass is 9.32. The fourth-order valence-electron chi connectivity index (χ4n) is 15.4. The zero-order chi connectivity index (χ0) is 41.4. The summed E-state index contributed by atoms with van der Waals surface area (Å²) < 4.78 is 30.2. The van der Waals surface area contributed by atoms with E-state index in [2.05, 4.69) is 74.6 Å². The van der Waals surface area contributed by atoms with E-state index in [9.17, 15) is 18.3 Å². The van der Waals surface area contributed by atoms with Crippen molar-refractivity contribution in [1.82, 2.24) is 15.2 Å². The van der Waals surface area contributed by atoms with E-state index in [4.69, 9.17) is 11.3 Å². The second-order valence-corrected chi connectivity index (χ2v) is 23.4. The summed E-state index contributed by atoms with van der Waals surface area (Å²) >= 11 is 0. The molecular weight excluding hydrogens is 743 g/mol. The largest absolute Gasteiger partial charge is 0.481 e. The average Bonchev–Trinajstić information content (AvgIpc) is 3.58. The first-order chi connectivity index (χ1) is 27.5. The van der Waals surface area contributed by atoms with E-state index in [0.717, 1.165) is 32.4 Å². The Bertz CT molecular complexity index is 1950. The molecule has 1 saturated heterocycles. The molecule has 4 saturated carbocycles. The fourth-order valence-corrected chi connectivity index (χ4v) is 16.7. The van der Waals surface area contributed by atoms with Gasteiger partial charge in [0.2, 0.25) is 5.88 Å². The highest BCUT2D eigenvalue weighted by atomic mass is 32.2. The molecule has 1 aromatic heterocycles. The molecule has 318 valence electrons. The third-order valence-electron chi connectivity index (χ3n) is 18.4. The van der Waals surface area contributed by atoms with Gasteiger partial charge in [-0.3, -0.25) is 4.79 Å². The van der Waals surface area contributed by atoms with Gasteiger partial charge in [0.25, 0.3) is 0 Å². The van der Waals surface area contributed by atoms with E-state index in [1.165, 1.54) is 61.7 Å². The van der Waals surface area contributed by atoms with Gasteiger partial charge in [0.15, 0.2) is 9.84 Å². The minimum Gasteiger partial charge on any atom is -0.481 e. The van der Waals surface area contributed by atoms with Gasteiger partial charge in [-0.15, -0.1) is 6.58 Å². The number of sulfone groups is 1. The molecule has 6 aliphatic carbocycles. The summed E-state index contributed by atoms with van der Waals surface area (Å²) in [6, 6.07) is 5.48. The summed E-state index contributed by atoms with van der Waals surface area (Å²) in [5.74, 6) is 2.98. The number of aliphatic carboxylic acids is 1. The number of fused-ring (bicyclic) bond motifs is 7. The molecule has 5 fully saturated rings. The lowest BCUT2D eigenvalue weighted by Gasteiger charge is -2.72. The van der Waals surface area contributed by atoms with E-state index in [-0.39, 0.29) is 45.3 Å². The van der Waals surface area contributed by atoms with Crippen molar-refractivity contribution < 1.29 is 23.1 Å². The van der Waals surface area contributed by atoms with Crippen LogP contribution in [0.3, 0.4) is 0 Å². The van der Waals surface area contributed by atoms with E-state index in [1.54, 1.807) is 12.3 Å². The molecule has 0 radical (unpaired) electrons. The number of carboxylic acid groups (broad SMARTS) is 1. The van der Waals surface area contributed by atoms with Crippen LogP contribution in [-0.4, -0.2) is 79.2 Å². The quantitative estimate of drug-likeness (QED) is 0.213. The number of pyridine rings is 1. The van der Waals surface area contributed by atoms with Gasteiger partial charge in [-0.05, 0) is 152 Å². The summed E-state index contributed by atoms with van der Waals surface area (Å²) in [6.45, 7) is 25.1. The number of nitrogens with one attached hydrogen (secondary N) is 1. The minimum absolute atomic E-state index is 0.0211. The van der Waals surface area contributed by atoms with Crippen LogP contribution < -0.4 is 10.1 Å². The molecule has 9 heteroatoms. The third-order valence-corrected chi connectivity index (χ3v) is 20.0. The maximum absolute atomic E-state index is 12.7. The average molecular weight is 814 g/mol. The molecule has 58 heavy (non-hydrogen) atoms. The van der Waals surface area contributed by atoms with E-state index >= 15 is 0 Å². The number of nitrogens with zero attached hydrogens (tertiary/aromatic N) is 2. The van der Waals surface area contributed by atoms with E-state index < -0.39 is 21.2 Å². The molecule has 1 aromatic rings. The Morgan fingerprint density at radius 1 is 1.00 bits per heavy atom. The first-order valence-corrected chi connectivity index (χ1v) is 24.4. The molecule has 0 amide bonds. The van der Waals surface area contributed by atoms with Gasteiger partial charge in [0.1, 0.15) is 12.0 Å². The number of allylic oxidation sites excluding steroid dienone is 6. The fraction of sp³-hybridized carbons (Fsp3) is 0.714. The van der Waals surface area contributed by atoms with Crippen molar-refractivity contribution in [2.75, 3.05) is 44.3 Å². The van der Waals surface area contributed by atoms with E-state index in [1.807, 2.05) is 12.1 Å². The maximum atomic E-state index is 12.7. The van der Waals surface area contributed by atoms with Crippen molar-refractivity contribution in [3.05, 3.63) is 72.5 Å². The smallest absolute Gasteiger partial charge is 0.313 e. The van der Waals surface area contributed by atoms with Crippen molar-refractivity contribution in [3.8, 4) is 5.88 Å². The highest BCUT2D eigenvalue weighted by Crippen LogP contribution is 2.77. The Kier molecular flexibility index (Phi) is 10.9. The molecule has 1 aliphatic heterocycles. The summed E-state index contributed by atoms with van der Waals surface area (Å²) in [6.07, 6.45) is 21.4. The van der Waals surface area contributed by atoms with Crippen LogP contribution in [0.25, 0.3) is 0 Å². The molecule has 0 aromatic carbocycles. The SMILES string of the molecule is C=C[C@@]12CC[C@@]3(NCCN4CCS(=O)(=O)CC4)CC[C@@H](C(=C)C)C3[C@H]1CCC1[C@@]3(C)CC=C(C4=CCC(COc5ccccn5)(C(=O)O)CC4)C(C)(C)C3CC[C@]12C. The molecule has 2 heterocycles. The summed E-state index contributed by atoms with van der Waals surface area (Å²) in [5.41, 5.74) is 3.62. The Hall–Kier alpha value is -2.75. The lowest BCUT2D eigenvalue weighted by Crippen LogP contribution is -2.68. The third kappa shape index (κ3) is 6.61. The van der Waals surface area contributed by atoms with Crippen molar-refractivity contribution in [1.29, 1.82) is 0 Å². The number of carbonyl (C=O) groups is 1. The number of rotatable bonds is 11.